The molecule has 27 heavy (non-hydrogen) atoms. The Labute approximate surface area is 163 Å². The van der Waals surface area contributed by atoms with Crippen LogP contribution in [0.4, 0.5) is 0 Å². The van der Waals surface area contributed by atoms with Gasteiger partial charge in [-0.2, -0.15) is 4.31 Å². The third-order valence-corrected chi connectivity index (χ3v) is 7.61. The van der Waals surface area contributed by atoms with Gasteiger partial charge in [-0.15, -0.1) is 11.3 Å². The Hall–Kier alpha value is -2.10. The van der Waals surface area contributed by atoms with Gasteiger partial charge in [0.25, 0.3) is 5.91 Å². The van der Waals surface area contributed by atoms with Crippen LogP contribution in [0.5, 0.6) is 11.5 Å². The van der Waals surface area contributed by atoms with Crippen LogP contribution in [0, 0.1) is 0 Å². The largest absolute Gasteiger partial charge is 0.493 e. The highest BCUT2D eigenvalue weighted by Gasteiger charge is 2.35. The molecule has 1 aliphatic heterocycles. The Morgan fingerprint density at radius 2 is 2.07 bits per heavy atom. The zero-order chi connectivity index (χ0) is 19.6. The minimum atomic E-state index is -3.64. The highest BCUT2D eigenvalue weighted by atomic mass is 32.2. The van der Waals surface area contributed by atoms with Crippen molar-refractivity contribution in [3.05, 3.63) is 40.1 Å². The SMILES string of the molecule is CNC(=O)c1cc(S(=O)(=O)N2CCC(c3cccc(OC)c3OC)C2)cs1. The normalized spacial score (nSPS) is 17.7. The standard InChI is InChI=1S/C18H22N2O5S2/c1-19-18(21)16-9-13(11-26-16)27(22,23)20-8-7-12(10-20)14-5-4-6-15(24-2)17(14)25-3/h4-6,9,11-12H,7-8,10H2,1-3H3,(H,19,21). The van der Waals surface area contributed by atoms with Crippen molar-refractivity contribution in [1.29, 1.82) is 0 Å². The van der Waals surface area contributed by atoms with E-state index in [4.69, 9.17) is 9.47 Å². The van der Waals surface area contributed by atoms with Crippen molar-refractivity contribution < 1.29 is 22.7 Å². The molecule has 7 nitrogen and oxygen atoms in total. The van der Waals surface area contributed by atoms with Crippen LogP contribution >= 0.6 is 11.3 Å². The molecule has 0 saturated carbocycles. The van der Waals surface area contributed by atoms with E-state index in [1.165, 1.54) is 22.8 Å². The number of carbonyl (C=O) groups is 1. The number of amides is 1. The second-order valence-electron chi connectivity index (χ2n) is 6.16. The van der Waals surface area contributed by atoms with Gasteiger partial charge in [-0.3, -0.25) is 4.79 Å². The van der Waals surface area contributed by atoms with E-state index >= 15 is 0 Å². The van der Waals surface area contributed by atoms with E-state index in [1.54, 1.807) is 14.2 Å². The topological polar surface area (TPSA) is 84.9 Å². The van der Waals surface area contributed by atoms with Gasteiger partial charge in [-0.1, -0.05) is 12.1 Å². The predicted octanol–water partition coefficient (Wildman–Crippen LogP) is 2.30. The zero-order valence-corrected chi connectivity index (χ0v) is 17.0. The van der Waals surface area contributed by atoms with Crippen molar-refractivity contribution in [2.24, 2.45) is 0 Å². The maximum absolute atomic E-state index is 13.0. The Morgan fingerprint density at radius 1 is 1.30 bits per heavy atom. The molecule has 9 heteroatoms. The highest BCUT2D eigenvalue weighted by molar-refractivity contribution is 7.89. The van der Waals surface area contributed by atoms with E-state index < -0.39 is 10.0 Å². The lowest BCUT2D eigenvalue weighted by molar-refractivity contribution is 0.0967. The molecule has 1 fully saturated rings. The van der Waals surface area contributed by atoms with Crippen molar-refractivity contribution in [1.82, 2.24) is 9.62 Å². The summed E-state index contributed by atoms with van der Waals surface area (Å²) < 4.78 is 38.2. The summed E-state index contributed by atoms with van der Waals surface area (Å²) in [6.45, 7) is 0.773. The van der Waals surface area contributed by atoms with E-state index in [0.29, 0.717) is 35.9 Å². The van der Waals surface area contributed by atoms with Gasteiger partial charge < -0.3 is 14.8 Å². The minimum absolute atomic E-state index is 0.0156. The summed E-state index contributed by atoms with van der Waals surface area (Å²) in [5.41, 5.74) is 0.936. The summed E-state index contributed by atoms with van der Waals surface area (Å²) in [5.74, 6) is 0.995. The molecule has 0 radical (unpaired) electrons. The van der Waals surface area contributed by atoms with Gasteiger partial charge in [0, 0.05) is 37.0 Å². The number of benzene rings is 1. The van der Waals surface area contributed by atoms with Gasteiger partial charge in [0.05, 0.1) is 24.0 Å². The average Bonchev–Trinajstić information content (AvgIpc) is 3.36. The van der Waals surface area contributed by atoms with Crippen LogP contribution in [0.15, 0.2) is 34.5 Å². The number of methoxy groups -OCH3 is 2. The molecular weight excluding hydrogens is 388 g/mol. The zero-order valence-electron chi connectivity index (χ0n) is 15.4. The molecule has 1 N–H and O–H groups in total. The summed E-state index contributed by atoms with van der Waals surface area (Å²) >= 11 is 1.12. The van der Waals surface area contributed by atoms with E-state index in [9.17, 15) is 13.2 Å². The highest BCUT2D eigenvalue weighted by Crippen LogP contribution is 2.40. The van der Waals surface area contributed by atoms with Crippen LogP contribution in [0.25, 0.3) is 0 Å². The van der Waals surface area contributed by atoms with Crippen LogP contribution in [-0.4, -0.2) is 53.0 Å². The molecule has 1 amide bonds. The van der Waals surface area contributed by atoms with Crippen molar-refractivity contribution in [3.63, 3.8) is 0 Å². The maximum Gasteiger partial charge on any atom is 0.261 e. The summed E-state index contributed by atoms with van der Waals surface area (Å²) in [6, 6.07) is 7.06. The maximum atomic E-state index is 13.0. The molecule has 1 aliphatic rings. The van der Waals surface area contributed by atoms with Gasteiger partial charge in [-0.05, 0) is 18.6 Å². The number of rotatable bonds is 6. The lowest BCUT2D eigenvalue weighted by atomic mass is 9.97. The average molecular weight is 411 g/mol. The van der Waals surface area contributed by atoms with E-state index in [-0.39, 0.29) is 16.7 Å². The lowest BCUT2D eigenvalue weighted by Crippen LogP contribution is -2.28. The smallest absolute Gasteiger partial charge is 0.261 e. The fourth-order valence-corrected chi connectivity index (χ4v) is 5.99. The van der Waals surface area contributed by atoms with Gasteiger partial charge in [-0.25, -0.2) is 8.42 Å². The van der Waals surface area contributed by atoms with Crippen LogP contribution in [0.2, 0.25) is 0 Å². The number of hydrogen-bond acceptors (Lipinski definition) is 6. The summed E-state index contributed by atoms with van der Waals surface area (Å²) in [6.07, 6.45) is 0.690. The third-order valence-electron chi connectivity index (χ3n) is 4.69. The molecule has 3 rings (SSSR count). The second-order valence-corrected chi connectivity index (χ2v) is 9.01. The second kappa shape index (κ2) is 7.87. The van der Waals surface area contributed by atoms with Crippen molar-refractivity contribution in [2.75, 3.05) is 34.4 Å². The van der Waals surface area contributed by atoms with E-state index in [1.807, 2.05) is 18.2 Å². The minimum Gasteiger partial charge on any atom is -0.493 e. The third kappa shape index (κ3) is 3.67. The Morgan fingerprint density at radius 3 is 2.74 bits per heavy atom. The number of para-hydroxylation sites is 1. The molecule has 1 aromatic heterocycles. The van der Waals surface area contributed by atoms with Crippen molar-refractivity contribution in [2.45, 2.75) is 17.2 Å². The number of ether oxygens (including phenoxy) is 2. The molecule has 1 atom stereocenters. The van der Waals surface area contributed by atoms with Crippen molar-refractivity contribution >= 4 is 27.3 Å². The van der Waals surface area contributed by atoms with Crippen molar-refractivity contribution in [3.8, 4) is 11.5 Å². The lowest BCUT2D eigenvalue weighted by Gasteiger charge is -2.18. The van der Waals surface area contributed by atoms with Crippen LogP contribution in [0.3, 0.4) is 0 Å². The monoisotopic (exact) mass is 410 g/mol. The van der Waals surface area contributed by atoms with E-state index in [2.05, 4.69) is 5.32 Å². The molecule has 0 spiro atoms. The first-order chi connectivity index (χ1) is 12.9. The van der Waals surface area contributed by atoms with Crippen LogP contribution < -0.4 is 14.8 Å². The van der Waals surface area contributed by atoms with Crippen LogP contribution in [-0.2, 0) is 10.0 Å². The molecule has 0 bridgehead atoms. The molecule has 0 aliphatic carbocycles. The predicted molar refractivity (Wildman–Crippen MR) is 103 cm³/mol. The number of carbonyl (C=O) groups excluding carboxylic acids is 1. The number of nitrogens with one attached hydrogen (secondary N) is 1. The molecule has 1 saturated heterocycles. The number of hydrogen-bond donors (Lipinski definition) is 1. The van der Waals surface area contributed by atoms with Gasteiger partial charge >= 0.3 is 0 Å². The molecule has 1 unspecified atom stereocenters. The first kappa shape index (κ1) is 19.7. The first-order valence-corrected chi connectivity index (χ1v) is 10.8. The molecule has 146 valence electrons. The number of sulfonamides is 1. The van der Waals surface area contributed by atoms with E-state index in [0.717, 1.165) is 16.9 Å². The first-order valence-electron chi connectivity index (χ1n) is 8.44. The molecule has 2 heterocycles. The fraction of sp³-hybridized carbons (Fsp3) is 0.389. The van der Waals surface area contributed by atoms with Gasteiger partial charge in [0.1, 0.15) is 0 Å². The molecule has 1 aromatic carbocycles. The Bertz CT molecular complexity index is 939. The quantitative estimate of drug-likeness (QED) is 0.790. The van der Waals surface area contributed by atoms with Gasteiger partial charge in [0.15, 0.2) is 11.5 Å². The molecular formula is C18H22N2O5S2. The Balaban J connectivity index is 1.83. The molecule has 2 aromatic rings. The summed E-state index contributed by atoms with van der Waals surface area (Å²) in [7, 11) is 1.03. The van der Waals surface area contributed by atoms with Gasteiger partial charge in [0.2, 0.25) is 10.0 Å². The summed E-state index contributed by atoms with van der Waals surface area (Å²) in [5, 5.41) is 4.02. The Kier molecular flexibility index (Phi) is 5.73. The van der Waals surface area contributed by atoms with Crippen LogP contribution in [0.1, 0.15) is 27.6 Å². The fourth-order valence-electron chi connectivity index (χ4n) is 3.28. The number of thiophene rings is 1. The summed E-state index contributed by atoms with van der Waals surface area (Å²) in [4.78, 5) is 12.2. The number of nitrogens with zero attached hydrogens (tertiary/aromatic N) is 1.